The largest absolute Gasteiger partial charge is 1.00 e. The van der Waals surface area contributed by atoms with Gasteiger partial charge in [-0.3, -0.25) is 0 Å². The molecule has 0 heterocycles. The van der Waals surface area contributed by atoms with Gasteiger partial charge in [-0.1, -0.05) is 167 Å². The molecule has 0 aromatic heterocycles. The maximum Gasteiger partial charge on any atom is 1.00 e. The van der Waals surface area contributed by atoms with Crippen LogP contribution in [0.25, 0.3) is 0 Å². The molecule has 0 spiro atoms. The molecule has 9 heteroatoms. The van der Waals surface area contributed by atoms with Gasteiger partial charge in [0.15, 0.2) is 5.44 Å². The second-order valence-electron chi connectivity index (χ2n) is 12.2. The van der Waals surface area contributed by atoms with Crippen molar-refractivity contribution in [2.75, 3.05) is 6.61 Å². The fourth-order valence-corrected chi connectivity index (χ4v) is 6.20. The molecule has 0 saturated heterocycles. The SMILES string of the molecule is CCCCCCCCCCCCCCCCCCCCCCCCOC(=O)c1ccccc1C(=O)OC(CCC)S(=O)(=O)[O-].[Na+]. The summed E-state index contributed by atoms with van der Waals surface area (Å²) in [5.41, 5.74) is -1.90. The Morgan fingerprint density at radius 3 is 1.31 bits per heavy atom. The molecule has 0 saturated carbocycles. The number of carbonyl (C=O) groups is 2. The van der Waals surface area contributed by atoms with E-state index in [4.69, 9.17) is 9.47 Å². The minimum Gasteiger partial charge on any atom is -0.745 e. The fourth-order valence-electron chi connectivity index (χ4n) is 5.47. The van der Waals surface area contributed by atoms with Crippen molar-refractivity contribution in [2.45, 2.75) is 173 Å². The maximum absolute atomic E-state index is 12.6. The third kappa shape index (κ3) is 23.1. The van der Waals surface area contributed by atoms with E-state index in [1.807, 2.05) is 0 Å². The average Bonchev–Trinajstić information content (AvgIpc) is 3.00. The number of esters is 2. The van der Waals surface area contributed by atoms with Crippen molar-refractivity contribution >= 4 is 22.1 Å². The molecule has 254 valence electrons. The average molecular weight is 661 g/mol. The Hall–Kier alpha value is -0.930. The molecule has 7 nitrogen and oxygen atoms in total. The van der Waals surface area contributed by atoms with Crippen LogP contribution in [0.1, 0.15) is 189 Å². The Kier molecular flexibility index (Phi) is 28.6. The molecule has 1 aromatic carbocycles. The molecule has 45 heavy (non-hydrogen) atoms. The Morgan fingerprint density at radius 2 is 0.956 bits per heavy atom. The van der Waals surface area contributed by atoms with Crippen molar-refractivity contribution < 1.29 is 61.6 Å². The number of hydrogen-bond acceptors (Lipinski definition) is 7. The van der Waals surface area contributed by atoms with Gasteiger partial charge in [0.25, 0.3) is 0 Å². The van der Waals surface area contributed by atoms with Gasteiger partial charge in [0.1, 0.15) is 10.1 Å². The van der Waals surface area contributed by atoms with Gasteiger partial charge >= 0.3 is 41.5 Å². The molecule has 0 N–H and O–H groups in total. The van der Waals surface area contributed by atoms with Crippen LogP contribution in [-0.2, 0) is 19.6 Å². The Morgan fingerprint density at radius 1 is 0.600 bits per heavy atom. The predicted octanol–water partition coefficient (Wildman–Crippen LogP) is 7.28. The van der Waals surface area contributed by atoms with E-state index in [1.165, 1.54) is 140 Å². The summed E-state index contributed by atoms with van der Waals surface area (Å²) in [6.07, 6.45) is 29.1. The second-order valence-corrected chi connectivity index (χ2v) is 13.7. The summed E-state index contributed by atoms with van der Waals surface area (Å²) in [5, 5.41) is 0. The van der Waals surface area contributed by atoms with Crippen LogP contribution in [0.2, 0.25) is 0 Å². The number of hydrogen-bond donors (Lipinski definition) is 0. The van der Waals surface area contributed by atoms with Gasteiger partial charge in [-0.2, -0.15) is 0 Å². The summed E-state index contributed by atoms with van der Waals surface area (Å²) in [6.45, 7) is 4.20. The number of carbonyl (C=O) groups excluding carboxylic acids is 2. The maximum atomic E-state index is 12.6. The molecule has 0 aliphatic carbocycles. The molecule has 0 amide bonds. The molecular weight excluding hydrogens is 599 g/mol. The quantitative estimate of drug-likeness (QED) is 0.0385. The zero-order chi connectivity index (χ0) is 32.3. The van der Waals surface area contributed by atoms with E-state index in [2.05, 4.69) is 6.92 Å². The van der Waals surface area contributed by atoms with Crippen molar-refractivity contribution in [1.82, 2.24) is 0 Å². The molecule has 0 aliphatic heterocycles. The molecule has 1 unspecified atom stereocenters. The Balaban J connectivity index is 0.0000194. The smallest absolute Gasteiger partial charge is 0.745 e. The first kappa shape index (κ1) is 44.1. The summed E-state index contributed by atoms with van der Waals surface area (Å²) in [4.78, 5) is 25.1. The standard InChI is InChI=1S/C36H62O7S.Na/c1-3-5-6-7-8-9-10-11-12-13-14-15-16-17-18-19-20-21-22-23-24-27-31-42-35(37)32-29-25-26-30-33(32)36(38)43-34(28-4-2)44(39,40)41;/h25-26,29-30,34H,3-24,27-28,31H2,1-2H3,(H,39,40,41);/q;+1/p-1. The van der Waals surface area contributed by atoms with Crippen LogP contribution in [0, 0.1) is 0 Å². The van der Waals surface area contributed by atoms with Crippen LogP contribution in [0.3, 0.4) is 0 Å². The van der Waals surface area contributed by atoms with Crippen LogP contribution in [-0.4, -0.2) is 37.0 Å². The van der Waals surface area contributed by atoms with Crippen LogP contribution >= 0.6 is 0 Å². The number of rotatable bonds is 29. The van der Waals surface area contributed by atoms with Crippen molar-refractivity contribution in [3.63, 3.8) is 0 Å². The summed E-state index contributed by atoms with van der Waals surface area (Å²) >= 11 is 0. The summed E-state index contributed by atoms with van der Waals surface area (Å²) < 4.78 is 44.5. The van der Waals surface area contributed by atoms with Crippen molar-refractivity contribution in [3.05, 3.63) is 35.4 Å². The fraction of sp³-hybridized carbons (Fsp3) is 0.778. The van der Waals surface area contributed by atoms with Gasteiger partial charge in [0.2, 0.25) is 0 Å². The zero-order valence-electron chi connectivity index (χ0n) is 28.8. The van der Waals surface area contributed by atoms with Crippen LogP contribution in [0.5, 0.6) is 0 Å². The van der Waals surface area contributed by atoms with Crippen LogP contribution in [0.15, 0.2) is 24.3 Å². The summed E-state index contributed by atoms with van der Waals surface area (Å²) in [5.74, 6) is -1.70. The number of unbranched alkanes of at least 4 members (excludes halogenated alkanes) is 21. The first-order valence-electron chi connectivity index (χ1n) is 17.7. The van der Waals surface area contributed by atoms with E-state index in [-0.39, 0.29) is 53.7 Å². The van der Waals surface area contributed by atoms with Crippen LogP contribution < -0.4 is 29.6 Å². The van der Waals surface area contributed by atoms with Gasteiger partial charge in [0.05, 0.1) is 17.7 Å². The molecule has 0 fully saturated rings. The van der Waals surface area contributed by atoms with E-state index < -0.39 is 27.5 Å². The topological polar surface area (TPSA) is 110 Å². The first-order chi connectivity index (χ1) is 21.3. The Bertz CT molecular complexity index is 983. The molecule has 0 radical (unpaired) electrons. The summed E-state index contributed by atoms with van der Waals surface area (Å²) in [6, 6.07) is 5.91. The molecule has 0 bridgehead atoms. The number of ether oxygens (including phenoxy) is 2. The van der Waals surface area contributed by atoms with Gasteiger partial charge in [-0.05, 0) is 25.0 Å². The zero-order valence-corrected chi connectivity index (χ0v) is 31.6. The van der Waals surface area contributed by atoms with Crippen molar-refractivity contribution in [3.8, 4) is 0 Å². The molecular formula is C36H61NaO7S. The van der Waals surface area contributed by atoms with Gasteiger partial charge in [-0.25, -0.2) is 18.0 Å². The first-order valence-corrected chi connectivity index (χ1v) is 19.2. The van der Waals surface area contributed by atoms with Crippen LogP contribution in [0.4, 0.5) is 0 Å². The minimum atomic E-state index is -4.82. The summed E-state index contributed by atoms with van der Waals surface area (Å²) in [7, 11) is -4.82. The molecule has 1 atom stereocenters. The minimum absolute atomic E-state index is 0. The predicted molar refractivity (Wildman–Crippen MR) is 178 cm³/mol. The van der Waals surface area contributed by atoms with E-state index in [0.29, 0.717) is 6.42 Å². The van der Waals surface area contributed by atoms with E-state index in [9.17, 15) is 22.6 Å². The number of benzene rings is 1. The van der Waals surface area contributed by atoms with Crippen molar-refractivity contribution in [2.24, 2.45) is 0 Å². The van der Waals surface area contributed by atoms with E-state index in [0.717, 1.165) is 19.3 Å². The van der Waals surface area contributed by atoms with Crippen molar-refractivity contribution in [1.29, 1.82) is 0 Å². The molecule has 0 aliphatic rings. The Labute approximate surface area is 297 Å². The second kappa shape index (κ2) is 29.2. The molecule has 1 aromatic rings. The third-order valence-electron chi connectivity index (χ3n) is 8.18. The van der Waals surface area contributed by atoms with Gasteiger partial charge in [-0.15, -0.1) is 0 Å². The van der Waals surface area contributed by atoms with Gasteiger partial charge < -0.3 is 14.0 Å². The van der Waals surface area contributed by atoms with E-state index in [1.54, 1.807) is 13.0 Å². The normalized spacial score (nSPS) is 12.0. The van der Waals surface area contributed by atoms with E-state index >= 15 is 0 Å². The molecule has 1 rings (SSSR count). The monoisotopic (exact) mass is 660 g/mol. The van der Waals surface area contributed by atoms with Gasteiger partial charge in [0, 0.05) is 0 Å². The third-order valence-corrected chi connectivity index (χ3v) is 9.16.